The van der Waals surface area contributed by atoms with Gasteiger partial charge >= 0.3 is 5.97 Å². The zero-order valence-electron chi connectivity index (χ0n) is 11.0. The summed E-state index contributed by atoms with van der Waals surface area (Å²) in [6, 6.07) is 4.47. The zero-order chi connectivity index (χ0) is 14.2. The van der Waals surface area contributed by atoms with Crippen LogP contribution in [0.25, 0.3) is 0 Å². The van der Waals surface area contributed by atoms with E-state index in [-0.39, 0.29) is 18.9 Å². The Bertz CT molecular complexity index is 526. The first kappa shape index (κ1) is 13.5. The molecular formula is C14H17NO4. The minimum Gasteiger partial charge on any atom is -0.480 e. The third kappa shape index (κ3) is 2.61. The molecule has 1 amide bonds. The Kier molecular flexibility index (Phi) is 3.57. The van der Waals surface area contributed by atoms with Crippen molar-refractivity contribution in [1.82, 2.24) is 4.90 Å². The molecule has 0 radical (unpaired) electrons. The van der Waals surface area contributed by atoms with Crippen molar-refractivity contribution < 1.29 is 19.8 Å². The molecule has 0 saturated carbocycles. The van der Waals surface area contributed by atoms with E-state index in [1.165, 1.54) is 4.90 Å². The van der Waals surface area contributed by atoms with E-state index in [1.807, 2.05) is 26.0 Å². The van der Waals surface area contributed by atoms with Gasteiger partial charge in [-0.3, -0.25) is 4.79 Å². The number of carboxylic acid groups (broad SMARTS) is 1. The standard InChI is InChI=1S/C14H17NO4/c1-8-3-4-11(9(2)5-8)13(17)15-7-10(16)6-12(15)14(18)19/h3-5,10,12,16H,6-7H2,1-2H3,(H,18,19)/t10-,12-/m0/s1. The minimum absolute atomic E-state index is 0.0725. The molecule has 1 saturated heterocycles. The topological polar surface area (TPSA) is 77.8 Å². The van der Waals surface area contributed by atoms with E-state index in [1.54, 1.807) is 6.07 Å². The predicted molar refractivity (Wildman–Crippen MR) is 69.0 cm³/mol. The molecule has 2 atom stereocenters. The molecule has 102 valence electrons. The minimum atomic E-state index is -1.07. The van der Waals surface area contributed by atoms with Crippen LogP contribution in [0.5, 0.6) is 0 Å². The van der Waals surface area contributed by atoms with E-state index in [0.717, 1.165) is 11.1 Å². The number of carbonyl (C=O) groups excluding carboxylic acids is 1. The molecular weight excluding hydrogens is 246 g/mol. The summed E-state index contributed by atoms with van der Waals surface area (Å²) in [5, 5.41) is 18.7. The molecule has 1 heterocycles. The van der Waals surface area contributed by atoms with Gasteiger partial charge < -0.3 is 15.1 Å². The van der Waals surface area contributed by atoms with Crippen LogP contribution < -0.4 is 0 Å². The molecule has 2 rings (SSSR count). The SMILES string of the molecule is Cc1ccc(C(=O)N2C[C@@H](O)C[C@H]2C(=O)O)c(C)c1. The molecule has 19 heavy (non-hydrogen) atoms. The summed E-state index contributed by atoms with van der Waals surface area (Å²) in [4.78, 5) is 24.8. The van der Waals surface area contributed by atoms with Gasteiger partial charge in [0.25, 0.3) is 5.91 Å². The number of carbonyl (C=O) groups is 2. The maximum Gasteiger partial charge on any atom is 0.326 e. The molecule has 1 aromatic rings. The van der Waals surface area contributed by atoms with Crippen molar-refractivity contribution in [3.63, 3.8) is 0 Å². The summed E-state index contributed by atoms with van der Waals surface area (Å²) in [5.41, 5.74) is 2.35. The van der Waals surface area contributed by atoms with Gasteiger partial charge in [-0.05, 0) is 25.5 Å². The number of aryl methyl sites for hydroxylation is 2. The molecule has 0 aliphatic carbocycles. The molecule has 0 bridgehead atoms. The molecule has 5 heteroatoms. The van der Waals surface area contributed by atoms with Crippen LogP contribution in [0.4, 0.5) is 0 Å². The molecule has 1 aliphatic rings. The second kappa shape index (κ2) is 5.01. The Hall–Kier alpha value is -1.88. The Morgan fingerprint density at radius 2 is 2.00 bits per heavy atom. The third-order valence-electron chi connectivity index (χ3n) is 3.44. The van der Waals surface area contributed by atoms with Gasteiger partial charge in [-0.2, -0.15) is 0 Å². The van der Waals surface area contributed by atoms with Crippen LogP contribution in [-0.4, -0.2) is 45.7 Å². The number of amides is 1. The fourth-order valence-electron chi connectivity index (χ4n) is 2.48. The maximum atomic E-state index is 12.4. The van der Waals surface area contributed by atoms with E-state index in [9.17, 15) is 14.7 Å². The lowest BCUT2D eigenvalue weighted by Gasteiger charge is -2.22. The van der Waals surface area contributed by atoms with Gasteiger partial charge in [-0.1, -0.05) is 17.7 Å². The highest BCUT2D eigenvalue weighted by Crippen LogP contribution is 2.22. The molecule has 1 aromatic carbocycles. The quantitative estimate of drug-likeness (QED) is 0.833. The molecule has 1 fully saturated rings. The second-order valence-corrected chi connectivity index (χ2v) is 5.02. The predicted octanol–water partition coefficient (Wildman–Crippen LogP) is 0.963. The van der Waals surface area contributed by atoms with Crippen LogP contribution in [0.1, 0.15) is 27.9 Å². The van der Waals surface area contributed by atoms with Crippen molar-refractivity contribution in [3.05, 3.63) is 34.9 Å². The Balaban J connectivity index is 2.30. The molecule has 5 nitrogen and oxygen atoms in total. The van der Waals surface area contributed by atoms with Gasteiger partial charge in [0, 0.05) is 18.5 Å². The fraction of sp³-hybridized carbons (Fsp3) is 0.429. The number of benzene rings is 1. The second-order valence-electron chi connectivity index (χ2n) is 5.02. The van der Waals surface area contributed by atoms with Crippen molar-refractivity contribution in [2.75, 3.05) is 6.54 Å². The molecule has 0 spiro atoms. The summed E-state index contributed by atoms with van der Waals surface area (Å²) >= 11 is 0. The lowest BCUT2D eigenvalue weighted by Crippen LogP contribution is -2.40. The third-order valence-corrected chi connectivity index (χ3v) is 3.44. The first-order valence-electron chi connectivity index (χ1n) is 6.19. The summed E-state index contributed by atoms with van der Waals surface area (Å²) in [6.45, 7) is 3.83. The van der Waals surface area contributed by atoms with Gasteiger partial charge in [-0.25, -0.2) is 4.79 Å². The first-order valence-corrected chi connectivity index (χ1v) is 6.19. The molecule has 0 aromatic heterocycles. The van der Waals surface area contributed by atoms with E-state index in [4.69, 9.17) is 5.11 Å². The highest BCUT2D eigenvalue weighted by Gasteiger charge is 2.39. The number of hydrogen-bond donors (Lipinski definition) is 2. The van der Waals surface area contributed by atoms with Crippen LogP contribution >= 0.6 is 0 Å². The van der Waals surface area contributed by atoms with Crippen molar-refractivity contribution >= 4 is 11.9 Å². The Labute approximate surface area is 111 Å². The lowest BCUT2D eigenvalue weighted by atomic mass is 10.0. The van der Waals surface area contributed by atoms with Crippen molar-refractivity contribution in [2.24, 2.45) is 0 Å². The van der Waals surface area contributed by atoms with Crippen LogP contribution in [0.15, 0.2) is 18.2 Å². The van der Waals surface area contributed by atoms with E-state index in [2.05, 4.69) is 0 Å². The average molecular weight is 263 g/mol. The zero-order valence-corrected chi connectivity index (χ0v) is 11.0. The van der Waals surface area contributed by atoms with Gasteiger partial charge in [0.2, 0.25) is 0 Å². The highest BCUT2D eigenvalue weighted by atomic mass is 16.4. The van der Waals surface area contributed by atoms with Crippen LogP contribution in [0, 0.1) is 13.8 Å². The van der Waals surface area contributed by atoms with E-state index >= 15 is 0 Å². The first-order chi connectivity index (χ1) is 8.90. The largest absolute Gasteiger partial charge is 0.480 e. The van der Waals surface area contributed by atoms with Crippen LogP contribution in [-0.2, 0) is 4.79 Å². The number of β-amino-alcohol motifs (C(OH)–C–C–N with tert-alkyl or cyclic N) is 1. The van der Waals surface area contributed by atoms with Crippen molar-refractivity contribution in [1.29, 1.82) is 0 Å². The summed E-state index contributed by atoms with van der Waals surface area (Å²) in [7, 11) is 0. The Morgan fingerprint density at radius 1 is 1.32 bits per heavy atom. The van der Waals surface area contributed by atoms with Crippen molar-refractivity contribution in [3.8, 4) is 0 Å². The maximum absolute atomic E-state index is 12.4. The molecule has 0 unspecified atom stereocenters. The average Bonchev–Trinajstić information content (AvgIpc) is 2.70. The smallest absolute Gasteiger partial charge is 0.326 e. The number of hydrogen-bond acceptors (Lipinski definition) is 3. The number of carboxylic acids is 1. The molecule has 1 aliphatic heterocycles. The lowest BCUT2D eigenvalue weighted by molar-refractivity contribution is -0.141. The number of aliphatic hydroxyl groups excluding tert-OH is 1. The van der Waals surface area contributed by atoms with Gasteiger partial charge in [-0.15, -0.1) is 0 Å². The number of aliphatic carboxylic acids is 1. The summed E-state index contributed by atoms with van der Waals surface area (Å²) in [6.07, 6.45) is -0.679. The van der Waals surface area contributed by atoms with Gasteiger partial charge in [0.15, 0.2) is 0 Å². The van der Waals surface area contributed by atoms with Gasteiger partial charge in [0.05, 0.1) is 6.10 Å². The van der Waals surface area contributed by atoms with Crippen molar-refractivity contribution in [2.45, 2.75) is 32.4 Å². The molecule has 2 N–H and O–H groups in total. The van der Waals surface area contributed by atoms with Crippen LogP contribution in [0.3, 0.4) is 0 Å². The van der Waals surface area contributed by atoms with Gasteiger partial charge in [0.1, 0.15) is 6.04 Å². The number of rotatable bonds is 2. The van der Waals surface area contributed by atoms with Crippen LogP contribution in [0.2, 0.25) is 0 Å². The number of nitrogens with zero attached hydrogens (tertiary/aromatic N) is 1. The number of likely N-dealkylation sites (tertiary alicyclic amines) is 1. The summed E-state index contributed by atoms with van der Waals surface area (Å²) in [5.74, 6) is -1.41. The number of aliphatic hydroxyl groups is 1. The normalized spacial score (nSPS) is 22.6. The monoisotopic (exact) mass is 263 g/mol. The highest BCUT2D eigenvalue weighted by molar-refractivity contribution is 5.98. The van der Waals surface area contributed by atoms with E-state index < -0.39 is 18.1 Å². The van der Waals surface area contributed by atoms with E-state index in [0.29, 0.717) is 5.56 Å². The summed E-state index contributed by atoms with van der Waals surface area (Å²) < 4.78 is 0. The Morgan fingerprint density at radius 3 is 2.58 bits per heavy atom. The fourth-order valence-corrected chi connectivity index (χ4v) is 2.48.